The average Bonchev–Trinajstić information content (AvgIpc) is 3.39. The SMILES string of the molecule is CC(C)(C)c1ccc(S(=O)(=O)NCCC(=O)N2CC(n3cc(Cn4nccn4)nn3)C2)cc1. The lowest BCUT2D eigenvalue weighted by molar-refractivity contribution is -0.137. The van der Waals surface area contributed by atoms with Crippen LogP contribution in [0.2, 0.25) is 0 Å². The molecule has 0 bridgehead atoms. The first kappa shape index (κ1) is 23.1. The maximum absolute atomic E-state index is 12.5. The Bertz CT molecular complexity index is 1190. The lowest BCUT2D eigenvalue weighted by Gasteiger charge is -2.38. The first-order valence-corrected chi connectivity index (χ1v) is 12.2. The van der Waals surface area contributed by atoms with Gasteiger partial charge in [0.2, 0.25) is 15.9 Å². The largest absolute Gasteiger partial charge is 0.338 e. The molecule has 1 N–H and O–H groups in total. The van der Waals surface area contributed by atoms with Crippen LogP contribution in [0.15, 0.2) is 47.8 Å². The Balaban J connectivity index is 1.22. The summed E-state index contributed by atoms with van der Waals surface area (Å²) in [5.74, 6) is -0.0990. The van der Waals surface area contributed by atoms with Crippen molar-refractivity contribution in [2.75, 3.05) is 19.6 Å². The molecule has 1 aliphatic heterocycles. The molecule has 1 aliphatic rings. The molecule has 0 radical (unpaired) electrons. The van der Waals surface area contributed by atoms with Gasteiger partial charge in [-0.25, -0.2) is 17.8 Å². The van der Waals surface area contributed by atoms with Gasteiger partial charge in [-0.15, -0.1) is 5.10 Å². The van der Waals surface area contributed by atoms with Crippen molar-refractivity contribution in [3.63, 3.8) is 0 Å². The van der Waals surface area contributed by atoms with Crippen molar-refractivity contribution in [1.29, 1.82) is 0 Å². The predicted molar refractivity (Wildman–Crippen MR) is 120 cm³/mol. The van der Waals surface area contributed by atoms with Gasteiger partial charge >= 0.3 is 0 Å². The van der Waals surface area contributed by atoms with Gasteiger partial charge < -0.3 is 4.90 Å². The summed E-state index contributed by atoms with van der Waals surface area (Å²) < 4.78 is 29.3. The molecule has 0 saturated carbocycles. The van der Waals surface area contributed by atoms with Crippen LogP contribution in [-0.2, 0) is 26.8 Å². The van der Waals surface area contributed by atoms with Gasteiger partial charge in [0.15, 0.2) is 0 Å². The van der Waals surface area contributed by atoms with Crippen molar-refractivity contribution in [3.8, 4) is 0 Å². The molecule has 2 aromatic heterocycles. The molecular weight excluding hydrogens is 444 g/mol. The number of carbonyl (C=O) groups is 1. The van der Waals surface area contributed by atoms with E-state index in [1.807, 2.05) is 18.3 Å². The monoisotopic (exact) mass is 472 g/mol. The number of carbonyl (C=O) groups excluding carboxylic acids is 1. The van der Waals surface area contributed by atoms with E-state index in [-0.39, 0.29) is 35.2 Å². The molecule has 1 amide bonds. The molecule has 176 valence electrons. The third-order valence-corrected chi connectivity index (χ3v) is 7.06. The summed E-state index contributed by atoms with van der Waals surface area (Å²) in [6.07, 6.45) is 5.12. The molecule has 12 heteroatoms. The highest BCUT2D eigenvalue weighted by Gasteiger charge is 2.32. The van der Waals surface area contributed by atoms with Crippen LogP contribution in [0.25, 0.3) is 0 Å². The Labute approximate surface area is 192 Å². The first-order chi connectivity index (χ1) is 15.6. The number of hydrogen-bond donors (Lipinski definition) is 1. The number of hydrogen-bond acceptors (Lipinski definition) is 7. The summed E-state index contributed by atoms with van der Waals surface area (Å²) in [7, 11) is -3.66. The molecule has 0 aliphatic carbocycles. The first-order valence-electron chi connectivity index (χ1n) is 10.7. The van der Waals surface area contributed by atoms with Crippen molar-refractivity contribution in [1.82, 2.24) is 39.6 Å². The zero-order valence-corrected chi connectivity index (χ0v) is 19.7. The third kappa shape index (κ3) is 5.45. The fourth-order valence-electron chi connectivity index (χ4n) is 3.53. The minimum absolute atomic E-state index is 0.0493. The summed E-state index contributed by atoms with van der Waals surface area (Å²) in [5.41, 5.74) is 1.74. The summed E-state index contributed by atoms with van der Waals surface area (Å²) in [6, 6.07) is 6.89. The maximum atomic E-state index is 12.5. The van der Waals surface area contributed by atoms with E-state index in [1.165, 1.54) is 4.80 Å². The van der Waals surface area contributed by atoms with Crippen LogP contribution in [0.3, 0.4) is 0 Å². The third-order valence-electron chi connectivity index (χ3n) is 5.58. The molecule has 0 spiro atoms. The molecule has 1 saturated heterocycles. The molecule has 1 fully saturated rings. The van der Waals surface area contributed by atoms with Crippen LogP contribution in [-0.4, -0.2) is 68.8 Å². The Morgan fingerprint density at radius 3 is 2.42 bits per heavy atom. The van der Waals surface area contributed by atoms with E-state index in [0.717, 1.165) is 11.3 Å². The van der Waals surface area contributed by atoms with E-state index >= 15 is 0 Å². The van der Waals surface area contributed by atoms with Gasteiger partial charge in [-0.2, -0.15) is 15.0 Å². The second kappa shape index (κ2) is 9.02. The van der Waals surface area contributed by atoms with E-state index in [2.05, 4.69) is 46.0 Å². The molecule has 11 nitrogen and oxygen atoms in total. The minimum Gasteiger partial charge on any atom is -0.338 e. The van der Waals surface area contributed by atoms with Crippen LogP contribution in [0.4, 0.5) is 0 Å². The van der Waals surface area contributed by atoms with Gasteiger partial charge in [0.05, 0.1) is 29.5 Å². The number of nitrogens with zero attached hydrogens (tertiary/aromatic N) is 7. The van der Waals surface area contributed by atoms with E-state index in [9.17, 15) is 13.2 Å². The van der Waals surface area contributed by atoms with Gasteiger partial charge in [-0.3, -0.25) is 4.79 Å². The number of nitrogens with one attached hydrogen (secondary N) is 1. The van der Waals surface area contributed by atoms with Crippen molar-refractivity contribution >= 4 is 15.9 Å². The molecule has 3 heterocycles. The van der Waals surface area contributed by atoms with Crippen LogP contribution in [0.5, 0.6) is 0 Å². The van der Waals surface area contributed by atoms with Crippen LogP contribution in [0, 0.1) is 0 Å². The molecule has 3 aromatic rings. The topological polar surface area (TPSA) is 128 Å². The second-order valence-corrected chi connectivity index (χ2v) is 10.9. The summed E-state index contributed by atoms with van der Waals surface area (Å²) in [5, 5.41) is 16.3. The van der Waals surface area contributed by atoms with Crippen molar-refractivity contribution in [3.05, 3.63) is 54.1 Å². The lowest BCUT2D eigenvalue weighted by Crippen LogP contribution is -2.51. The highest BCUT2D eigenvalue weighted by molar-refractivity contribution is 7.89. The van der Waals surface area contributed by atoms with Gasteiger partial charge in [-0.05, 0) is 23.1 Å². The fraction of sp³-hybridized carbons (Fsp3) is 0.476. The van der Waals surface area contributed by atoms with Gasteiger partial charge in [-0.1, -0.05) is 38.1 Å². The minimum atomic E-state index is -3.66. The number of amides is 1. The van der Waals surface area contributed by atoms with Gasteiger partial charge in [0.1, 0.15) is 12.2 Å². The quantitative estimate of drug-likeness (QED) is 0.517. The Morgan fingerprint density at radius 2 is 1.79 bits per heavy atom. The average molecular weight is 473 g/mol. The van der Waals surface area contributed by atoms with Gasteiger partial charge in [0.25, 0.3) is 0 Å². The predicted octanol–water partition coefficient (Wildman–Crippen LogP) is 0.967. The number of benzene rings is 1. The number of sulfonamides is 1. The number of rotatable bonds is 8. The fourth-order valence-corrected chi connectivity index (χ4v) is 4.56. The van der Waals surface area contributed by atoms with E-state index in [1.54, 1.807) is 34.1 Å². The molecule has 1 aromatic carbocycles. The van der Waals surface area contributed by atoms with Crippen LogP contribution >= 0.6 is 0 Å². The molecular formula is C21H28N8O3S. The van der Waals surface area contributed by atoms with Crippen molar-refractivity contribution in [2.24, 2.45) is 0 Å². The molecule has 0 unspecified atom stereocenters. The lowest BCUT2D eigenvalue weighted by atomic mass is 9.87. The van der Waals surface area contributed by atoms with Crippen molar-refractivity contribution in [2.45, 2.75) is 50.1 Å². The molecule has 0 atom stereocenters. The molecule has 33 heavy (non-hydrogen) atoms. The summed E-state index contributed by atoms with van der Waals surface area (Å²) >= 11 is 0. The van der Waals surface area contributed by atoms with Crippen LogP contribution in [0.1, 0.15) is 44.5 Å². The summed E-state index contributed by atoms with van der Waals surface area (Å²) in [6.45, 7) is 7.73. The Morgan fingerprint density at radius 1 is 1.12 bits per heavy atom. The normalized spacial score (nSPS) is 14.9. The molecule has 4 rings (SSSR count). The summed E-state index contributed by atoms with van der Waals surface area (Å²) in [4.78, 5) is 15.8. The van der Waals surface area contributed by atoms with E-state index in [4.69, 9.17) is 0 Å². The second-order valence-electron chi connectivity index (χ2n) is 9.12. The number of likely N-dealkylation sites (tertiary alicyclic amines) is 1. The maximum Gasteiger partial charge on any atom is 0.240 e. The van der Waals surface area contributed by atoms with Crippen molar-refractivity contribution < 1.29 is 13.2 Å². The smallest absolute Gasteiger partial charge is 0.240 e. The van der Waals surface area contributed by atoms with E-state index < -0.39 is 10.0 Å². The zero-order valence-electron chi connectivity index (χ0n) is 18.9. The highest BCUT2D eigenvalue weighted by atomic mass is 32.2. The van der Waals surface area contributed by atoms with E-state index in [0.29, 0.717) is 19.6 Å². The highest BCUT2D eigenvalue weighted by Crippen LogP contribution is 2.24. The Hall–Kier alpha value is -3.12. The van der Waals surface area contributed by atoms with Gasteiger partial charge in [0, 0.05) is 26.1 Å². The standard InChI is InChI=1S/C21H28N8O3S/c1-21(2,3)16-4-6-19(7-5-16)33(31,32)24-9-8-20(30)27-14-18(15-27)28-12-17(25-26-28)13-29-22-10-11-23-29/h4-7,10-12,18,24H,8-9,13-15H2,1-3H3. The number of aromatic nitrogens is 6. The Kier molecular flexibility index (Phi) is 6.30. The van der Waals surface area contributed by atoms with Crippen LogP contribution < -0.4 is 4.72 Å². The zero-order chi connectivity index (χ0) is 23.6.